The van der Waals surface area contributed by atoms with E-state index in [1.54, 1.807) is 13.8 Å². The van der Waals surface area contributed by atoms with Crippen molar-refractivity contribution in [2.75, 3.05) is 0 Å². The number of aliphatic hydroxyl groups excluding tert-OH is 1. The van der Waals surface area contributed by atoms with Crippen LogP contribution in [-0.4, -0.2) is 35.5 Å². The van der Waals surface area contributed by atoms with Crippen molar-refractivity contribution in [3.05, 3.63) is 11.6 Å². The van der Waals surface area contributed by atoms with Gasteiger partial charge in [0.25, 0.3) is 0 Å². The van der Waals surface area contributed by atoms with Gasteiger partial charge in [-0.2, -0.15) is 0 Å². The first-order chi connectivity index (χ1) is 6.09. The quantitative estimate of drug-likeness (QED) is 0.539. The van der Waals surface area contributed by atoms with Crippen LogP contribution in [0.1, 0.15) is 13.8 Å². The fourth-order valence-corrected chi connectivity index (χ4v) is 1.65. The Bertz CT molecular complexity index is 271. The summed E-state index contributed by atoms with van der Waals surface area (Å²) in [6.45, 7) is 3.56. The SMILES string of the molecule is CC1OC2C(=CC1O)C(=O)OC2C. The average Bonchev–Trinajstić information content (AvgIpc) is 2.31. The molecule has 0 bridgehead atoms. The van der Waals surface area contributed by atoms with Crippen molar-refractivity contribution in [1.29, 1.82) is 0 Å². The van der Waals surface area contributed by atoms with Gasteiger partial charge in [-0.3, -0.25) is 0 Å². The molecule has 0 spiro atoms. The van der Waals surface area contributed by atoms with Crippen molar-refractivity contribution in [2.45, 2.75) is 38.3 Å². The van der Waals surface area contributed by atoms with Crippen molar-refractivity contribution < 1.29 is 19.4 Å². The van der Waals surface area contributed by atoms with E-state index in [9.17, 15) is 9.90 Å². The van der Waals surface area contributed by atoms with E-state index in [1.165, 1.54) is 6.08 Å². The molecule has 2 heterocycles. The van der Waals surface area contributed by atoms with Crippen molar-refractivity contribution in [3.8, 4) is 0 Å². The average molecular weight is 184 g/mol. The summed E-state index contributed by atoms with van der Waals surface area (Å²) in [6, 6.07) is 0. The number of cyclic esters (lactones) is 1. The summed E-state index contributed by atoms with van der Waals surface area (Å²) >= 11 is 0. The lowest BCUT2D eigenvalue weighted by atomic mass is 10.0. The molecule has 0 saturated carbocycles. The predicted molar refractivity (Wildman–Crippen MR) is 44.0 cm³/mol. The molecule has 4 nitrogen and oxygen atoms in total. The smallest absolute Gasteiger partial charge is 0.336 e. The zero-order chi connectivity index (χ0) is 9.59. The Balaban J connectivity index is 2.31. The summed E-state index contributed by atoms with van der Waals surface area (Å²) in [5.74, 6) is -0.372. The normalized spacial score (nSPS) is 43.9. The fourth-order valence-electron chi connectivity index (χ4n) is 1.65. The monoisotopic (exact) mass is 184 g/mol. The van der Waals surface area contributed by atoms with Gasteiger partial charge in [0.1, 0.15) is 12.2 Å². The van der Waals surface area contributed by atoms with E-state index >= 15 is 0 Å². The molecule has 0 aliphatic carbocycles. The van der Waals surface area contributed by atoms with Crippen LogP contribution < -0.4 is 0 Å². The maximum atomic E-state index is 11.2. The van der Waals surface area contributed by atoms with Gasteiger partial charge >= 0.3 is 5.97 Å². The minimum Gasteiger partial charge on any atom is -0.456 e. The van der Waals surface area contributed by atoms with Gasteiger partial charge in [-0.15, -0.1) is 0 Å². The minimum absolute atomic E-state index is 0.242. The summed E-state index contributed by atoms with van der Waals surface area (Å²) in [4.78, 5) is 11.2. The van der Waals surface area contributed by atoms with E-state index in [0.29, 0.717) is 5.57 Å². The Kier molecular flexibility index (Phi) is 1.89. The lowest BCUT2D eigenvalue weighted by molar-refractivity contribution is -0.139. The van der Waals surface area contributed by atoms with E-state index < -0.39 is 6.10 Å². The molecule has 1 saturated heterocycles. The van der Waals surface area contributed by atoms with Crippen LogP contribution in [0.25, 0.3) is 0 Å². The molecular weight excluding hydrogens is 172 g/mol. The molecular formula is C9H12O4. The first-order valence-corrected chi connectivity index (χ1v) is 4.36. The van der Waals surface area contributed by atoms with Gasteiger partial charge < -0.3 is 14.6 Å². The molecule has 0 amide bonds. The number of ether oxygens (including phenoxy) is 2. The Morgan fingerprint density at radius 1 is 1.38 bits per heavy atom. The van der Waals surface area contributed by atoms with Crippen LogP contribution in [0.5, 0.6) is 0 Å². The standard InChI is InChI=1S/C9H12O4/c1-4-7(10)3-6-8(12-4)5(2)13-9(6)11/h3-5,7-8,10H,1-2H3. The van der Waals surface area contributed by atoms with Crippen LogP contribution in [0.3, 0.4) is 0 Å². The summed E-state index contributed by atoms with van der Waals surface area (Å²) in [5, 5.41) is 9.42. The van der Waals surface area contributed by atoms with Crippen LogP contribution in [0.2, 0.25) is 0 Å². The molecule has 4 unspecified atom stereocenters. The van der Waals surface area contributed by atoms with E-state index in [4.69, 9.17) is 9.47 Å². The molecule has 2 rings (SSSR count). The highest BCUT2D eigenvalue weighted by Gasteiger charge is 2.42. The zero-order valence-corrected chi connectivity index (χ0v) is 7.56. The van der Waals surface area contributed by atoms with Crippen molar-refractivity contribution in [1.82, 2.24) is 0 Å². The second-order valence-electron chi connectivity index (χ2n) is 3.48. The second-order valence-corrected chi connectivity index (χ2v) is 3.48. The van der Waals surface area contributed by atoms with Crippen LogP contribution in [0.15, 0.2) is 11.6 Å². The summed E-state index contributed by atoms with van der Waals surface area (Å²) in [7, 11) is 0. The van der Waals surface area contributed by atoms with Crippen LogP contribution >= 0.6 is 0 Å². The van der Waals surface area contributed by atoms with Crippen molar-refractivity contribution in [3.63, 3.8) is 0 Å². The van der Waals surface area contributed by atoms with Crippen LogP contribution in [0, 0.1) is 0 Å². The molecule has 2 aliphatic rings. The number of hydrogen-bond acceptors (Lipinski definition) is 4. The summed E-state index contributed by atoms with van der Waals surface area (Å²) in [5.41, 5.74) is 0.457. The lowest BCUT2D eigenvalue weighted by Gasteiger charge is -2.27. The van der Waals surface area contributed by atoms with Gasteiger partial charge in [-0.05, 0) is 19.9 Å². The molecule has 4 heteroatoms. The molecule has 1 fully saturated rings. The Labute approximate surface area is 76.1 Å². The largest absolute Gasteiger partial charge is 0.456 e. The molecule has 4 atom stereocenters. The highest BCUT2D eigenvalue weighted by molar-refractivity contribution is 5.92. The highest BCUT2D eigenvalue weighted by Crippen LogP contribution is 2.30. The minimum atomic E-state index is -0.705. The highest BCUT2D eigenvalue weighted by atomic mass is 16.6. The molecule has 0 aromatic heterocycles. The molecule has 13 heavy (non-hydrogen) atoms. The maximum absolute atomic E-state index is 11.2. The molecule has 1 N–H and O–H groups in total. The number of aliphatic hydroxyl groups is 1. The van der Waals surface area contributed by atoms with Crippen molar-refractivity contribution in [2.24, 2.45) is 0 Å². The van der Waals surface area contributed by atoms with E-state index in [-0.39, 0.29) is 24.3 Å². The number of rotatable bonds is 0. The number of hydrogen-bond donors (Lipinski definition) is 1. The van der Waals surface area contributed by atoms with Crippen LogP contribution in [-0.2, 0) is 14.3 Å². The molecule has 2 aliphatic heterocycles. The molecule has 0 aromatic carbocycles. The van der Waals surface area contributed by atoms with E-state index in [1.807, 2.05) is 0 Å². The predicted octanol–water partition coefficient (Wildman–Crippen LogP) is 0.00630. The Morgan fingerprint density at radius 3 is 2.77 bits per heavy atom. The van der Waals surface area contributed by atoms with Gasteiger partial charge in [-0.1, -0.05) is 0 Å². The first-order valence-electron chi connectivity index (χ1n) is 4.36. The Hall–Kier alpha value is -0.870. The van der Waals surface area contributed by atoms with Gasteiger partial charge in [0, 0.05) is 0 Å². The summed E-state index contributed by atoms with van der Waals surface area (Å²) in [6.07, 6.45) is 0.0133. The summed E-state index contributed by atoms with van der Waals surface area (Å²) < 4.78 is 10.4. The third-order valence-electron chi connectivity index (χ3n) is 2.45. The van der Waals surface area contributed by atoms with Gasteiger partial charge in [0.05, 0.1) is 17.8 Å². The number of fused-ring (bicyclic) bond motifs is 1. The number of carbonyl (C=O) groups excluding carboxylic acids is 1. The Morgan fingerprint density at radius 2 is 2.08 bits per heavy atom. The van der Waals surface area contributed by atoms with Crippen LogP contribution in [0.4, 0.5) is 0 Å². The molecule has 0 aromatic rings. The first kappa shape index (κ1) is 8.72. The third-order valence-corrected chi connectivity index (χ3v) is 2.45. The fraction of sp³-hybridized carbons (Fsp3) is 0.667. The van der Waals surface area contributed by atoms with Gasteiger partial charge in [0.15, 0.2) is 0 Å². The zero-order valence-electron chi connectivity index (χ0n) is 7.56. The van der Waals surface area contributed by atoms with Crippen molar-refractivity contribution >= 4 is 5.97 Å². The molecule has 0 radical (unpaired) electrons. The topological polar surface area (TPSA) is 55.8 Å². The van der Waals surface area contributed by atoms with E-state index in [0.717, 1.165) is 0 Å². The maximum Gasteiger partial charge on any atom is 0.336 e. The van der Waals surface area contributed by atoms with Gasteiger partial charge in [0.2, 0.25) is 0 Å². The number of carbonyl (C=O) groups is 1. The van der Waals surface area contributed by atoms with E-state index in [2.05, 4.69) is 0 Å². The third kappa shape index (κ3) is 1.26. The second kappa shape index (κ2) is 2.82. The molecule has 72 valence electrons. The lowest BCUT2D eigenvalue weighted by Crippen LogP contribution is -2.38. The number of esters is 1. The van der Waals surface area contributed by atoms with Gasteiger partial charge in [-0.25, -0.2) is 4.79 Å².